The van der Waals surface area contributed by atoms with Crippen molar-refractivity contribution in [3.8, 4) is 5.82 Å². The van der Waals surface area contributed by atoms with E-state index in [2.05, 4.69) is 53.9 Å². The van der Waals surface area contributed by atoms with Crippen molar-refractivity contribution in [2.24, 2.45) is 10.9 Å². The lowest BCUT2D eigenvalue weighted by Gasteiger charge is -2.39. The van der Waals surface area contributed by atoms with E-state index in [-0.39, 0.29) is 24.0 Å². The lowest BCUT2D eigenvalue weighted by molar-refractivity contribution is 0.189. The third-order valence-corrected chi connectivity index (χ3v) is 5.67. The minimum absolute atomic E-state index is 0. The first-order chi connectivity index (χ1) is 14.2. The quantitative estimate of drug-likeness (QED) is 0.325. The van der Waals surface area contributed by atoms with Crippen LogP contribution in [0.1, 0.15) is 30.8 Å². The number of piperidine rings is 1. The van der Waals surface area contributed by atoms with Crippen molar-refractivity contribution in [2.75, 3.05) is 20.1 Å². The molecule has 3 aromatic rings. The fourth-order valence-electron chi connectivity index (χ4n) is 3.89. The number of pyridine rings is 1. The predicted molar refractivity (Wildman–Crippen MR) is 128 cm³/mol. The molecule has 0 spiro atoms. The summed E-state index contributed by atoms with van der Waals surface area (Å²) < 4.78 is 4.19. The van der Waals surface area contributed by atoms with Crippen molar-refractivity contribution in [1.82, 2.24) is 34.3 Å². The Hall–Kier alpha value is -2.43. The van der Waals surface area contributed by atoms with Gasteiger partial charge in [0.05, 0.1) is 12.4 Å². The molecule has 3 aromatic heterocycles. The molecule has 0 aliphatic carbocycles. The molecule has 9 heteroatoms. The highest BCUT2D eigenvalue weighted by molar-refractivity contribution is 14.0. The average molecular weight is 520 g/mol. The SMILES string of the molecule is CN=C(NCc1ccc(-n2ccnc2C)nc1)N1CCC(C)C(n2ccnc2)C1.I. The first-order valence-electron chi connectivity index (χ1n) is 10.0. The Bertz CT molecular complexity index is 948. The number of hydrogen-bond donors (Lipinski definition) is 1. The minimum atomic E-state index is 0. The molecule has 4 rings (SSSR count). The summed E-state index contributed by atoms with van der Waals surface area (Å²) in [7, 11) is 1.84. The predicted octanol–water partition coefficient (Wildman–Crippen LogP) is 3.05. The Kier molecular flexibility index (Phi) is 7.46. The molecule has 0 aromatic carbocycles. The van der Waals surface area contributed by atoms with E-state index in [0.29, 0.717) is 18.5 Å². The second-order valence-electron chi connectivity index (χ2n) is 7.56. The third-order valence-electron chi connectivity index (χ3n) is 5.67. The van der Waals surface area contributed by atoms with E-state index < -0.39 is 0 Å². The molecule has 8 nitrogen and oxygen atoms in total. The number of rotatable bonds is 4. The molecule has 0 radical (unpaired) electrons. The highest BCUT2D eigenvalue weighted by Gasteiger charge is 2.28. The molecular weight excluding hydrogens is 491 g/mol. The van der Waals surface area contributed by atoms with E-state index >= 15 is 0 Å². The molecule has 2 atom stereocenters. The molecule has 0 amide bonds. The highest BCUT2D eigenvalue weighted by atomic mass is 127. The molecule has 0 saturated carbocycles. The molecule has 4 heterocycles. The van der Waals surface area contributed by atoms with Crippen molar-refractivity contribution < 1.29 is 0 Å². The van der Waals surface area contributed by atoms with Crippen molar-refractivity contribution in [1.29, 1.82) is 0 Å². The van der Waals surface area contributed by atoms with Crippen LogP contribution in [-0.4, -0.2) is 55.1 Å². The number of imidazole rings is 2. The normalized spacial score (nSPS) is 19.4. The number of halogens is 1. The van der Waals surface area contributed by atoms with Crippen LogP contribution in [0.15, 0.2) is 54.4 Å². The average Bonchev–Trinajstić information content (AvgIpc) is 3.42. The monoisotopic (exact) mass is 520 g/mol. The van der Waals surface area contributed by atoms with Crippen molar-refractivity contribution in [3.05, 3.63) is 60.8 Å². The fraction of sp³-hybridized carbons (Fsp3) is 0.429. The maximum atomic E-state index is 4.57. The van der Waals surface area contributed by atoms with Crippen LogP contribution in [0.3, 0.4) is 0 Å². The van der Waals surface area contributed by atoms with Crippen LogP contribution < -0.4 is 5.32 Å². The van der Waals surface area contributed by atoms with Gasteiger partial charge in [-0.25, -0.2) is 15.0 Å². The van der Waals surface area contributed by atoms with Crippen molar-refractivity contribution in [2.45, 2.75) is 32.9 Å². The van der Waals surface area contributed by atoms with Crippen LogP contribution in [0, 0.1) is 12.8 Å². The Labute approximate surface area is 194 Å². The summed E-state index contributed by atoms with van der Waals surface area (Å²) in [5, 5.41) is 3.49. The maximum Gasteiger partial charge on any atom is 0.193 e. The molecule has 160 valence electrons. The van der Waals surface area contributed by atoms with Gasteiger partial charge in [-0.05, 0) is 30.9 Å². The zero-order chi connectivity index (χ0) is 20.2. The Morgan fingerprint density at radius 3 is 2.73 bits per heavy atom. The van der Waals surface area contributed by atoms with Crippen molar-refractivity contribution in [3.63, 3.8) is 0 Å². The first kappa shape index (κ1) is 22.3. The number of aliphatic imine (C=N–C) groups is 1. The van der Waals surface area contributed by atoms with Crippen molar-refractivity contribution >= 4 is 29.9 Å². The standard InChI is InChI=1S/C21H28N8.HI/c1-16-6-9-27(14-19(16)28-10-7-23-15-28)21(22-3)26-13-18-4-5-20(25-12-18)29-11-8-24-17(29)2;/h4-5,7-8,10-12,15-16,19H,6,9,13-14H2,1-3H3,(H,22,26);1H. The summed E-state index contributed by atoms with van der Waals surface area (Å²) in [5.41, 5.74) is 1.12. The third kappa shape index (κ3) is 4.82. The van der Waals surface area contributed by atoms with E-state index in [1.165, 1.54) is 0 Å². The van der Waals surface area contributed by atoms with Gasteiger partial charge in [0.25, 0.3) is 0 Å². The summed E-state index contributed by atoms with van der Waals surface area (Å²) in [6.45, 7) is 6.90. The zero-order valence-electron chi connectivity index (χ0n) is 17.6. The van der Waals surface area contributed by atoms with E-state index in [4.69, 9.17) is 0 Å². The number of nitrogens with one attached hydrogen (secondary N) is 1. The number of hydrogen-bond acceptors (Lipinski definition) is 4. The second kappa shape index (κ2) is 10.1. The van der Waals surface area contributed by atoms with Gasteiger partial charge in [-0.1, -0.05) is 13.0 Å². The van der Waals surface area contributed by atoms with E-state index in [9.17, 15) is 0 Å². The van der Waals surface area contributed by atoms with Gasteiger partial charge in [0.15, 0.2) is 5.96 Å². The summed E-state index contributed by atoms with van der Waals surface area (Å²) in [6, 6.07) is 4.52. The minimum Gasteiger partial charge on any atom is -0.352 e. The molecule has 1 aliphatic rings. The van der Waals surface area contributed by atoms with Gasteiger partial charge in [-0.15, -0.1) is 24.0 Å². The zero-order valence-corrected chi connectivity index (χ0v) is 20.0. The largest absolute Gasteiger partial charge is 0.352 e. The molecule has 0 bridgehead atoms. The van der Waals surface area contributed by atoms with Gasteiger partial charge in [-0.2, -0.15) is 0 Å². The van der Waals surface area contributed by atoms with Gasteiger partial charge in [-0.3, -0.25) is 9.56 Å². The topological polar surface area (TPSA) is 76.2 Å². The molecule has 2 unspecified atom stereocenters. The van der Waals surface area contributed by atoms with Gasteiger partial charge in [0, 0.05) is 57.7 Å². The molecular formula is C21H29IN8. The summed E-state index contributed by atoms with van der Waals surface area (Å²) in [6.07, 6.45) is 12.6. The Morgan fingerprint density at radius 1 is 1.23 bits per heavy atom. The van der Waals surface area contributed by atoms with E-state index in [1.54, 1.807) is 6.20 Å². The molecule has 1 N–H and O–H groups in total. The van der Waals surface area contributed by atoms with Gasteiger partial charge in [0.1, 0.15) is 11.6 Å². The van der Waals surface area contributed by atoms with Crippen LogP contribution in [0.2, 0.25) is 0 Å². The van der Waals surface area contributed by atoms with Gasteiger partial charge in [0.2, 0.25) is 0 Å². The fourth-order valence-corrected chi connectivity index (χ4v) is 3.89. The number of aromatic nitrogens is 5. The van der Waals surface area contributed by atoms with Crippen LogP contribution in [0.4, 0.5) is 0 Å². The first-order valence-corrected chi connectivity index (χ1v) is 10.0. The van der Waals surface area contributed by atoms with Crippen LogP contribution in [0.5, 0.6) is 0 Å². The number of guanidine groups is 1. The molecule has 1 fully saturated rings. The lowest BCUT2D eigenvalue weighted by Crippen LogP contribution is -2.48. The number of likely N-dealkylation sites (tertiary alicyclic amines) is 1. The number of nitrogens with zero attached hydrogens (tertiary/aromatic N) is 7. The molecule has 30 heavy (non-hydrogen) atoms. The number of aryl methyl sites for hydroxylation is 1. The van der Waals surface area contributed by atoms with Crippen LogP contribution in [-0.2, 0) is 6.54 Å². The van der Waals surface area contributed by atoms with Crippen LogP contribution in [0.25, 0.3) is 5.82 Å². The second-order valence-corrected chi connectivity index (χ2v) is 7.56. The summed E-state index contributed by atoms with van der Waals surface area (Å²) in [4.78, 5) is 19.9. The van der Waals surface area contributed by atoms with E-state index in [0.717, 1.165) is 42.7 Å². The van der Waals surface area contributed by atoms with E-state index in [1.807, 2.05) is 49.5 Å². The molecule has 1 saturated heterocycles. The van der Waals surface area contributed by atoms with Gasteiger partial charge < -0.3 is 14.8 Å². The Morgan fingerprint density at radius 2 is 2.10 bits per heavy atom. The lowest BCUT2D eigenvalue weighted by atomic mass is 9.93. The highest BCUT2D eigenvalue weighted by Crippen LogP contribution is 2.27. The maximum absolute atomic E-state index is 4.57. The Balaban J connectivity index is 0.00000256. The molecule has 1 aliphatic heterocycles. The summed E-state index contributed by atoms with van der Waals surface area (Å²) in [5.74, 6) is 3.34. The smallest absolute Gasteiger partial charge is 0.193 e. The summed E-state index contributed by atoms with van der Waals surface area (Å²) >= 11 is 0. The van der Waals surface area contributed by atoms with Gasteiger partial charge >= 0.3 is 0 Å². The van der Waals surface area contributed by atoms with Crippen LogP contribution >= 0.6 is 24.0 Å².